The molecule has 1 unspecified atom stereocenters. The number of aromatic nitrogens is 2. The zero-order valence-electron chi connectivity index (χ0n) is 15.9. The number of amides is 1. The first kappa shape index (κ1) is 19.8. The molecular weight excluding hydrogens is 398 g/mol. The van der Waals surface area contributed by atoms with Crippen molar-refractivity contribution >= 4 is 39.1 Å². The molecule has 4 heterocycles. The monoisotopic (exact) mass is 425 g/mol. The number of hydrogen-bond acceptors (Lipinski definition) is 8. The van der Waals surface area contributed by atoms with Crippen LogP contribution in [0, 0.1) is 5.92 Å². The number of carbonyl (C=O) groups is 1. The number of thioether (sulfide) groups is 1. The van der Waals surface area contributed by atoms with Crippen LogP contribution in [-0.2, 0) is 14.6 Å². The average Bonchev–Trinajstić information content (AvgIpc) is 3.07. The maximum atomic E-state index is 12.5. The summed E-state index contributed by atoms with van der Waals surface area (Å²) in [5.41, 5.74) is 0.996. The van der Waals surface area contributed by atoms with Gasteiger partial charge < -0.3 is 15.1 Å². The van der Waals surface area contributed by atoms with Gasteiger partial charge in [-0.25, -0.2) is 18.4 Å². The summed E-state index contributed by atoms with van der Waals surface area (Å²) in [5.74, 6) is 3.24. The molecule has 3 saturated heterocycles. The van der Waals surface area contributed by atoms with E-state index in [9.17, 15) is 13.2 Å². The van der Waals surface area contributed by atoms with Crippen molar-refractivity contribution < 1.29 is 13.2 Å². The Bertz CT molecular complexity index is 788. The third-order valence-electron chi connectivity index (χ3n) is 5.73. The number of nitrogens with zero attached hydrogens (tertiary/aromatic N) is 4. The minimum absolute atomic E-state index is 0.00341. The van der Waals surface area contributed by atoms with Crippen LogP contribution in [0.3, 0.4) is 0 Å². The summed E-state index contributed by atoms with van der Waals surface area (Å²) >= 11 is 1.96. The lowest BCUT2D eigenvalue weighted by atomic mass is 9.95. The fourth-order valence-electron chi connectivity index (χ4n) is 4.03. The highest BCUT2D eigenvalue weighted by Gasteiger charge is 2.32. The van der Waals surface area contributed by atoms with Gasteiger partial charge in [-0.3, -0.25) is 4.79 Å². The van der Waals surface area contributed by atoms with E-state index in [1.165, 1.54) is 0 Å². The number of nitrogens with one attached hydrogen (secondary N) is 1. The normalized spacial score (nSPS) is 25.6. The van der Waals surface area contributed by atoms with Gasteiger partial charge in [-0.2, -0.15) is 11.8 Å². The lowest BCUT2D eigenvalue weighted by Crippen LogP contribution is -2.44. The van der Waals surface area contributed by atoms with Gasteiger partial charge in [-0.1, -0.05) is 0 Å². The molecule has 0 aliphatic carbocycles. The fourth-order valence-corrected chi connectivity index (χ4v) is 6.61. The van der Waals surface area contributed by atoms with Crippen molar-refractivity contribution in [2.24, 2.45) is 5.92 Å². The van der Waals surface area contributed by atoms with Crippen LogP contribution in [-0.4, -0.2) is 79.5 Å². The summed E-state index contributed by atoms with van der Waals surface area (Å²) in [5, 5.41) is 2.93. The van der Waals surface area contributed by atoms with Crippen LogP contribution in [0.1, 0.15) is 19.3 Å². The van der Waals surface area contributed by atoms with E-state index < -0.39 is 9.84 Å². The predicted molar refractivity (Wildman–Crippen MR) is 112 cm³/mol. The van der Waals surface area contributed by atoms with Gasteiger partial charge in [0.05, 0.1) is 29.6 Å². The van der Waals surface area contributed by atoms with Crippen LogP contribution in [0.15, 0.2) is 12.4 Å². The van der Waals surface area contributed by atoms with Crippen molar-refractivity contribution in [1.29, 1.82) is 0 Å². The van der Waals surface area contributed by atoms with Crippen LogP contribution in [0.5, 0.6) is 0 Å². The van der Waals surface area contributed by atoms with Gasteiger partial charge in [-0.15, -0.1) is 0 Å². The number of hydrogen-bond donors (Lipinski definition) is 1. The molecule has 1 aromatic rings. The topological polar surface area (TPSA) is 95.5 Å². The van der Waals surface area contributed by atoms with Gasteiger partial charge in [0.1, 0.15) is 0 Å². The van der Waals surface area contributed by atoms with Crippen LogP contribution < -0.4 is 15.1 Å². The molecule has 8 nitrogen and oxygen atoms in total. The van der Waals surface area contributed by atoms with E-state index in [1.54, 1.807) is 0 Å². The predicted octanol–water partition coefficient (Wildman–Crippen LogP) is 0.550. The molecule has 1 amide bonds. The average molecular weight is 426 g/mol. The number of rotatable bonds is 4. The van der Waals surface area contributed by atoms with Crippen molar-refractivity contribution in [3.63, 3.8) is 0 Å². The van der Waals surface area contributed by atoms with E-state index in [2.05, 4.69) is 25.1 Å². The second kappa shape index (κ2) is 8.44. The molecule has 3 fully saturated rings. The Hall–Kier alpha value is -1.55. The lowest BCUT2D eigenvalue weighted by Gasteiger charge is -2.33. The highest BCUT2D eigenvalue weighted by Crippen LogP contribution is 2.24. The Kier molecular flexibility index (Phi) is 5.96. The van der Waals surface area contributed by atoms with E-state index in [0.717, 1.165) is 62.2 Å². The first-order valence-corrected chi connectivity index (χ1v) is 12.9. The molecule has 3 aliphatic rings. The molecular formula is C18H27N5O3S2. The molecule has 1 atom stereocenters. The summed E-state index contributed by atoms with van der Waals surface area (Å²) in [6.45, 7) is 3.55. The van der Waals surface area contributed by atoms with Crippen LogP contribution >= 0.6 is 11.8 Å². The minimum Gasteiger partial charge on any atom is -0.369 e. The van der Waals surface area contributed by atoms with Crippen molar-refractivity contribution in [3.8, 4) is 0 Å². The van der Waals surface area contributed by atoms with Crippen LogP contribution in [0.25, 0.3) is 0 Å². The molecule has 0 aromatic carbocycles. The lowest BCUT2D eigenvalue weighted by molar-refractivity contribution is -0.126. The van der Waals surface area contributed by atoms with Gasteiger partial charge in [-0.05, 0) is 19.3 Å². The third kappa shape index (κ3) is 4.71. The Morgan fingerprint density at radius 1 is 1.04 bits per heavy atom. The summed E-state index contributed by atoms with van der Waals surface area (Å²) in [6.07, 6.45) is 5.82. The zero-order valence-corrected chi connectivity index (χ0v) is 17.6. The molecule has 0 saturated carbocycles. The van der Waals surface area contributed by atoms with Crippen LogP contribution in [0.4, 0.5) is 11.6 Å². The third-order valence-corrected chi connectivity index (χ3v) is 8.44. The van der Waals surface area contributed by atoms with E-state index in [-0.39, 0.29) is 29.4 Å². The first-order valence-electron chi connectivity index (χ1n) is 9.91. The van der Waals surface area contributed by atoms with Gasteiger partial charge in [0.25, 0.3) is 0 Å². The highest BCUT2D eigenvalue weighted by atomic mass is 32.2. The standard InChI is InChI=1S/C18H27N5O3S2/c24-17(21-15-3-10-28(25,26)13-15)14-1-4-22(5-2-14)16-11-19-18(20-12-16)23-6-8-27-9-7-23/h11-12,14-15H,1-10,13H2,(H,21,24). The van der Waals surface area contributed by atoms with Crippen LogP contribution in [0.2, 0.25) is 0 Å². The van der Waals surface area contributed by atoms with Gasteiger partial charge >= 0.3 is 0 Å². The smallest absolute Gasteiger partial charge is 0.225 e. The SMILES string of the molecule is O=C(NC1CCS(=O)(=O)C1)C1CCN(c2cnc(N3CCSCC3)nc2)CC1. The second-order valence-corrected chi connectivity index (χ2v) is 11.2. The summed E-state index contributed by atoms with van der Waals surface area (Å²) in [4.78, 5) is 26.0. The Balaban J connectivity index is 1.27. The van der Waals surface area contributed by atoms with Crippen molar-refractivity contribution in [1.82, 2.24) is 15.3 Å². The molecule has 1 N–H and O–H groups in total. The minimum atomic E-state index is -2.97. The maximum Gasteiger partial charge on any atom is 0.225 e. The molecule has 4 rings (SSSR count). The molecule has 0 spiro atoms. The van der Waals surface area contributed by atoms with E-state index >= 15 is 0 Å². The number of anilines is 2. The maximum absolute atomic E-state index is 12.5. The second-order valence-electron chi connectivity index (χ2n) is 7.71. The van der Waals surface area contributed by atoms with Gasteiger partial charge in [0, 0.05) is 49.6 Å². The summed E-state index contributed by atoms with van der Waals surface area (Å²) in [7, 11) is -2.97. The molecule has 10 heteroatoms. The number of sulfone groups is 1. The number of carbonyl (C=O) groups excluding carboxylic acids is 1. The van der Waals surface area contributed by atoms with Gasteiger partial charge in [0.15, 0.2) is 9.84 Å². The van der Waals surface area contributed by atoms with Gasteiger partial charge in [0.2, 0.25) is 11.9 Å². The quantitative estimate of drug-likeness (QED) is 0.747. The molecule has 154 valence electrons. The Morgan fingerprint density at radius 2 is 1.71 bits per heavy atom. The Morgan fingerprint density at radius 3 is 2.32 bits per heavy atom. The van der Waals surface area contributed by atoms with Crippen molar-refractivity contribution in [2.45, 2.75) is 25.3 Å². The van der Waals surface area contributed by atoms with E-state index in [1.807, 2.05) is 24.2 Å². The molecule has 0 radical (unpaired) electrons. The molecule has 3 aliphatic heterocycles. The molecule has 1 aromatic heterocycles. The molecule has 0 bridgehead atoms. The largest absolute Gasteiger partial charge is 0.369 e. The zero-order chi connectivity index (χ0) is 19.6. The molecule has 28 heavy (non-hydrogen) atoms. The van der Waals surface area contributed by atoms with Crippen molar-refractivity contribution in [2.75, 3.05) is 59.0 Å². The summed E-state index contributed by atoms with van der Waals surface area (Å²) in [6, 6.07) is -0.218. The number of piperidine rings is 1. The highest BCUT2D eigenvalue weighted by molar-refractivity contribution is 7.99. The van der Waals surface area contributed by atoms with E-state index in [0.29, 0.717) is 6.42 Å². The summed E-state index contributed by atoms with van der Waals surface area (Å²) < 4.78 is 23.1. The van der Waals surface area contributed by atoms with Crippen molar-refractivity contribution in [3.05, 3.63) is 12.4 Å². The van der Waals surface area contributed by atoms with E-state index in [4.69, 9.17) is 0 Å². The fraction of sp³-hybridized carbons (Fsp3) is 0.722. The first-order chi connectivity index (χ1) is 13.5. The Labute approximate surface area is 170 Å².